The Hall–Kier alpha value is -2.87. The molecule has 0 N–H and O–H groups in total. The smallest absolute Gasteiger partial charge is 0.264 e. The molecule has 3 aromatic rings. The Labute approximate surface area is 160 Å². The Morgan fingerprint density at radius 3 is 2.32 bits per heavy atom. The summed E-state index contributed by atoms with van der Waals surface area (Å²) < 4.78 is 70.1. The van der Waals surface area contributed by atoms with E-state index in [4.69, 9.17) is 0 Å². The number of halogens is 3. The van der Waals surface area contributed by atoms with Crippen LogP contribution >= 0.6 is 0 Å². The van der Waals surface area contributed by atoms with Crippen molar-refractivity contribution in [1.82, 2.24) is 0 Å². The van der Waals surface area contributed by atoms with Crippen molar-refractivity contribution in [3.8, 4) is 0 Å². The van der Waals surface area contributed by atoms with E-state index in [0.29, 0.717) is 16.3 Å². The Kier molecular flexibility index (Phi) is 5.16. The topological polar surface area (TPSA) is 55.7 Å². The fraction of sp³-hybridized carbons (Fsp3) is 0.150. The number of oxime groups is 1. The van der Waals surface area contributed by atoms with Crippen molar-refractivity contribution in [3.05, 3.63) is 77.4 Å². The van der Waals surface area contributed by atoms with Gasteiger partial charge in [-0.05, 0) is 30.9 Å². The highest BCUT2D eigenvalue weighted by Crippen LogP contribution is 2.28. The molecule has 0 saturated carbocycles. The Morgan fingerprint density at radius 1 is 0.964 bits per heavy atom. The molecule has 8 heteroatoms. The van der Waals surface area contributed by atoms with Gasteiger partial charge in [-0.3, -0.25) is 4.28 Å². The van der Waals surface area contributed by atoms with Crippen LogP contribution in [-0.4, -0.2) is 20.3 Å². The minimum Gasteiger partial charge on any atom is -0.264 e. The summed E-state index contributed by atoms with van der Waals surface area (Å²) in [5.74, 6) is 0. The van der Waals surface area contributed by atoms with Gasteiger partial charge in [-0.15, -0.1) is 0 Å². The van der Waals surface area contributed by atoms with E-state index in [1.807, 2.05) is 0 Å². The minimum absolute atomic E-state index is 0.244. The van der Waals surface area contributed by atoms with E-state index in [1.54, 1.807) is 43.3 Å². The predicted octanol–water partition coefficient (Wildman–Crippen LogP) is 5.13. The maximum atomic E-state index is 13.5. The third kappa shape index (κ3) is 4.01. The van der Waals surface area contributed by atoms with Gasteiger partial charge in [0.1, 0.15) is 4.90 Å². The summed E-state index contributed by atoms with van der Waals surface area (Å²) >= 11 is 0. The molecule has 0 aromatic heterocycles. The summed E-state index contributed by atoms with van der Waals surface area (Å²) in [6, 6.07) is 15.3. The summed E-state index contributed by atoms with van der Waals surface area (Å²) in [7, 11) is -4.56. The van der Waals surface area contributed by atoms with Crippen LogP contribution in [0, 0.1) is 13.8 Å². The molecule has 0 aliphatic heterocycles. The van der Waals surface area contributed by atoms with Gasteiger partial charge in [0.25, 0.3) is 0 Å². The zero-order valence-electron chi connectivity index (χ0n) is 15.0. The first-order valence-corrected chi connectivity index (χ1v) is 9.64. The average Bonchev–Trinajstić information content (AvgIpc) is 2.62. The normalized spacial score (nSPS) is 13.0. The van der Waals surface area contributed by atoms with Crippen LogP contribution in [0.2, 0.25) is 0 Å². The second-order valence-corrected chi connectivity index (χ2v) is 7.76. The number of hydrogen-bond acceptors (Lipinski definition) is 4. The molecule has 3 rings (SSSR count). The van der Waals surface area contributed by atoms with Gasteiger partial charge in [-0.2, -0.15) is 21.6 Å². The Balaban J connectivity index is 2.07. The summed E-state index contributed by atoms with van der Waals surface area (Å²) in [6.07, 6.45) is -4.89. The lowest BCUT2D eigenvalue weighted by atomic mass is 10.0. The van der Waals surface area contributed by atoms with E-state index in [2.05, 4.69) is 9.44 Å². The van der Waals surface area contributed by atoms with Gasteiger partial charge >= 0.3 is 16.3 Å². The summed E-state index contributed by atoms with van der Waals surface area (Å²) in [5, 5.41) is 3.96. The van der Waals surface area contributed by atoms with Gasteiger partial charge in [-0.1, -0.05) is 65.3 Å². The summed E-state index contributed by atoms with van der Waals surface area (Å²) in [4.78, 5) is -0.253. The molecule has 0 fully saturated rings. The third-order valence-corrected chi connectivity index (χ3v) is 5.32. The van der Waals surface area contributed by atoms with Gasteiger partial charge in [0.15, 0.2) is 5.71 Å². The fourth-order valence-corrected chi connectivity index (χ4v) is 3.83. The minimum atomic E-state index is -4.89. The van der Waals surface area contributed by atoms with Crippen LogP contribution in [0.15, 0.2) is 70.7 Å². The maximum Gasteiger partial charge on any atom is 0.437 e. The van der Waals surface area contributed by atoms with Gasteiger partial charge in [0, 0.05) is 10.9 Å². The molecule has 0 saturated heterocycles. The third-order valence-electron chi connectivity index (χ3n) is 4.15. The van der Waals surface area contributed by atoms with Gasteiger partial charge < -0.3 is 0 Å². The van der Waals surface area contributed by atoms with Crippen LogP contribution in [0.1, 0.15) is 16.7 Å². The Morgan fingerprint density at radius 2 is 1.64 bits per heavy atom. The first-order chi connectivity index (χ1) is 13.1. The number of nitrogens with zero attached hydrogens (tertiary/aromatic N) is 1. The summed E-state index contributed by atoms with van der Waals surface area (Å²) in [6.45, 7) is 3.23. The second-order valence-electron chi connectivity index (χ2n) is 6.26. The first-order valence-electron chi connectivity index (χ1n) is 8.24. The van der Waals surface area contributed by atoms with Gasteiger partial charge in [0.05, 0.1) is 0 Å². The SMILES string of the molecule is Cc1ccc(C(=NOS(=O)(=O)c2cccc3ccccc23)C(F)(F)F)c(C)c1. The molecular formula is C20H16F3NO3S. The van der Waals surface area contributed by atoms with Crippen LogP contribution in [0.5, 0.6) is 0 Å². The van der Waals surface area contributed by atoms with E-state index in [0.717, 1.165) is 5.56 Å². The largest absolute Gasteiger partial charge is 0.437 e. The Bertz CT molecular complexity index is 1160. The van der Waals surface area contributed by atoms with E-state index in [-0.39, 0.29) is 10.5 Å². The number of alkyl halides is 3. The molecule has 0 heterocycles. The van der Waals surface area contributed by atoms with Crippen molar-refractivity contribution in [2.24, 2.45) is 5.16 Å². The molecule has 0 aliphatic rings. The lowest BCUT2D eigenvalue weighted by molar-refractivity contribution is -0.0597. The molecular weight excluding hydrogens is 391 g/mol. The van der Waals surface area contributed by atoms with Crippen molar-refractivity contribution in [1.29, 1.82) is 0 Å². The van der Waals surface area contributed by atoms with Gasteiger partial charge in [0.2, 0.25) is 0 Å². The van der Waals surface area contributed by atoms with Crippen molar-refractivity contribution >= 4 is 26.6 Å². The second kappa shape index (κ2) is 7.27. The molecule has 28 heavy (non-hydrogen) atoms. The molecule has 0 amide bonds. The van der Waals surface area contributed by atoms with Crippen molar-refractivity contribution < 1.29 is 25.9 Å². The van der Waals surface area contributed by atoms with E-state index >= 15 is 0 Å². The molecule has 0 aliphatic carbocycles. The zero-order valence-corrected chi connectivity index (χ0v) is 15.8. The van der Waals surface area contributed by atoms with Crippen LogP contribution in [0.3, 0.4) is 0 Å². The van der Waals surface area contributed by atoms with E-state index < -0.39 is 22.0 Å². The monoisotopic (exact) mass is 407 g/mol. The average molecular weight is 407 g/mol. The first kappa shape index (κ1) is 19.9. The molecule has 4 nitrogen and oxygen atoms in total. The molecule has 146 valence electrons. The molecule has 0 radical (unpaired) electrons. The molecule has 0 atom stereocenters. The van der Waals surface area contributed by atoms with Crippen LogP contribution in [-0.2, 0) is 14.4 Å². The molecule has 0 spiro atoms. The number of aryl methyl sites for hydroxylation is 2. The number of fused-ring (bicyclic) bond motifs is 1. The van der Waals surface area contributed by atoms with Crippen molar-refractivity contribution in [3.63, 3.8) is 0 Å². The van der Waals surface area contributed by atoms with E-state index in [1.165, 1.54) is 31.2 Å². The van der Waals surface area contributed by atoms with Crippen LogP contribution < -0.4 is 0 Å². The van der Waals surface area contributed by atoms with Crippen molar-refractivity contribution in [2.45, 2.75) is 24.9 Å². The maximum absolute atomic E-state index is 13.5. The highest BCUT2D eigenvalue weighted by Gasteiger charge is 2.39. The lowest BCUT2D eigenvalue weighted by Gasteiger charge is -2.13. The van der Waals surface area contributed by atoms with Gasteiger partial charge in [-0.25, -0.2) is 0 Å². The van der Waals surface area contributed by atoms with Crippen LogP contribution in [0.25, 0.3) is 10.8 Å². The summed E-state index contributed by atoms with van der Waals surface area (Å²) in [5.41, 5.74) is -0.575. The molecule has 0 bridgehead atoms. The highest BCUT2D eigenvalue weighted by molar-refractivity contribution is 7.87. The number of rotatable bonds is 4. The molecule has 3 aromatic carbocycles. The standard InChI is InChI=1S/C20H16F3NO3S/c1-13-10-11-16(14(2)12-13)19(20(21,22)23)24-27-28(25,26)18-9-5-7-15-6-3-4-8-17(15)18/h3-12H,1-2H3. The number of benzene rings is 3. The molecule has 0 unspecified atom stereocenters. The zero-order chi connectivity index (χ0) is 20.5. The van der Waals surface area contributed by atoms with Crippen LogP contribution in [0.4, 0.5) is 13.2 Å². The van der Waals surface area contributed by atoms with Crippen molar-refractivity contribution in [2.75, 3.05) is 0 Å². The lowest BCUT2D eigenvalue weighted by Crippen LogP contribution is -2.26. The highest BCUT2D eigenvalue weighted by atomic mass is 32.2. The van der Waals surface area contributed by atoms with E-state index in [9.17, 15) is 21.6 Å². The quantitative estimate of drug-likeness (QED) is 0.445. The predicted molar refractivity (Wildman–Crippen MR) is 101 cm³/mol. The number of hydrogen-bond donors (Lipinski definition) is 0. The fourth-order valence-electron chi connectivity index (χ4n) is 2.87.